The summed E-state index contributed by atoms with van der Waals surface area (Å²) in [7, 11) is 0. The molecule has 1 amide bonds. The Hall–Kier alpha value is -2.15. The van der Waals surface area contributed by atoms with E-state index >= 15 is 0 Å². The normalized spacial score (nSPS) is 14.6. The Bertz CT molecular complexity index is 1060. The Balaban J connectivity index is 1.29. The number of nitrogens with zero attached hydrogens (tertiary/aromatic N) is 2. The molecule has 162 valence electrons. The van der Waals surface area contributed by atoms with Crippen LogP contribution in [-0.2, 0) is 13.2 Å². The minimum Gasteiger partial charge on any atom is -0.489 e. The third-order valence-corrected chi connectivity index (χ3v) is 7.00. The van der Waals surface area contributed by atoms with Crippen molar-refractivity contribution in [1.29, 1.82) is 0 Å². The average Bonchev–Trinajstić information content (AvgIpc) is 3.22. The second-order valence-corrected chi connectivity index (χ2v) is 9.90. The molecule has 0 aliphatic carbocycles. The molecule has 1 aliphatic heterocycles. The van der Waals surface area contributed by atoms with Crippen molar-refractivity contribution < 1.29 is 9.53 Å². The van der Waals surface area contributed by atoms with Crippen molar-refractivity contribution in [3.05, 3.63) is 85.5 Å². The molecule has 0 unspecified atom stereocenters. The number of carbonyl (C=O) groups excluding carboxylic acids is 1. The summed E-state index contributed by atoms with van der Waals surface area (Å²) >= 11 is 5.04. The molecule has 1 aromatic heterocycles. The van der Waals surface area contributed by atoms with Crippen LogP contribution in [0.25, 0.3) is 0 Å². The van der Waals surface area contributed by atoms with Crippen LogP contribution in [0, 0.1) is 13.8 Å². The highest BCUT2D eigenvalue weighted by Crippen LogP contribution is 2.23. The largest absolute Gasteiger partial charge is 0.489 e. The first-order valence-electron chi connectivity index (χ1n) is 10.5. The maximum Gasteiger partial charge on any atom is 0.264 e. The Labute approximate surface area is 196 Å². The summed E-state index contributed by atoms with van der Waals surface area (Å²) in [5.74, 6) is 1.02. The highest BCUT2D eigenvalue weighted by molar-refractivity contribution is 9.10. The quantitative estimate of drug-likeness (QED) is 0.439. The van der Waals surface area contributed by atoms with Crippen LogP contribution in [0.5, 0.6) is 5.75 Å². The van der Waals surface area contributed by atoms with Crippen LogP contribution in [0.3, 0.4) is 0 Å². The molecular weight excluding hydrogens is 472 g/mol. The van der Waals surface area contributed by atoms with E-state index in [0.717, 1.165) is 59.0 Å². The highest BCUT2D eigenvalue weighted by Gasteiger charge is 2.23. The zero-order valence-corrected chi connectivity index (χ0v) is 20.3. The maximum atomic E-state index is 13.0. The average molecular weight is 499 g/mol. The predicted octanol–water partition coefficient (Wildman–Crippen LogP) is 5.66. The second kappa shape index (κ2) is 9.98. The molecule has 31 heavy (non-hydrogen) atoms. The van der Waals surface area contributed by atoms with Crippen molar-refractivity contribution in [3.8, 4) is 5.75 Å². The Morgan fingerprint density at radius 2 is 1.84 bits per heavy atom. The van der Waals surface area contributed by atoms with Gasteiger partial charge in [-0.1, -0.05) is 45.8 Å². The van der Waals surface area contributed by atoms with Gasteiger partial charge in [0.2, 0.25) is 0 Å². The SMILES string of the molecule is Cc1ccc(OCc2csc(C(=O)N3CCN(Cc4cccc(Br)c4)CC3)c2)c(C)c1. The lowest BCUT2D eigenvalue weighted by Crippen LogP contribution is -2.48. The fourth-order valence-electron chi connectivity index (χ4n) is 3.84. The van der Waals surface area contributed by atoms with Crippen molar-refractivity contribution >= 4 is 33.2 Å². The first kappa shape index (κ1) is 22.1. The van der Waals surface area contributed by atoms with Gasteiger partial charge in [-0.3, -0.25) is 9.69 Å². The van der Waals surface area contributed by atoms with E-state index in [1.54, 1.807) is 0 Å². The number of thiophene rings is 1. The van der Waals surface area contributed by atoms with Gasteiger partial charge in [-0.25, -0.2) is 0 Å². The standard InChI is InChI=1S/C25H27BrN2O2S/c1-18-6-7-23(19(2)12-18)30-16-21-14-24(31-17-21)25(29)28-10-8-27(9-11-28)15-20-4-3-5-22(26)13-20/h3-7,12-14,17H,8-11,15-16H2,1-2H3. The smallest absolute Gasteiger partial charge is 0.264 e. The monoisotopic (exact) mass is 498 g/mol. The summed E-state index contributed by atoms with van der Waals surface area (Å²) in [6.07, 6.45) is 0. The Morgan fingerprint density at radius 3 is 2.58 bits per heavy atom. The van der Waals surface area contributed by atoms with Gasteiger partial charge in [0.15, 0.2) is 0 Å². The molecule has 0 atom stereocenters. The summed E-state index contributed by atoms with van der Waals surface area (Å²) in [5, 5.41) is 2.03. The molecule has 0 radical (unpaired) electrons. The van der Waals surface area contributed by atoms with Gasteiger partial charge in [0.25, 0.3) is 5.91 Å². The summed E-state index contributed by atoms with van der Waals surface area (Å²) < 4.78 is 7.07. The van der Waals surface area contributed by atoms with Gasteiger partial charge >= 0.3 is 0 Å². The van der Waals surface area contributed by atoms with Crippen molar-refractivity contribution in [2.24, 2.45) is 0 Å². The molecule has 2 heterocycles. The van der Waals surface area contributed by atoms with Crippen LogP contribution < -0.4 is 4.74 Å². The van der Waals surface area contributed by atoms with Gasteiger partial charge in [-0.15, -0.1) is 11.3 Å². The fraction of sp³-hybridized carbons (Fsp3) is 0.320. The van der Waals surface area contributed by atoms with Crippen LogP contribution in [0.4, 0.5) is 0 Å². The number of benzene rings is 2. The molecule has 0 bridgehead atoms. The van der Waals surface area contributed by atoms with E-state index in [-0.39, 0.29) is 5.91 Å². The van der Waals surface area contributed by atoms with E-state index in [0.29, 0.717) is 6.61 Å². The lowest BCUT2D eigenvalue weighted by Gasteiger charge is -2.34. The van der Waals surface area contributed by atoms with E-state index < -0.39 is 0 Å². The van der Waals surface area contributed by atoms with Gasteiger partial charge in [0, 0.05) is 42.8 Å². The van der Waals surface area contributed by atoms with Gasteiger partial charge in [-0.05, 0) is 54.6 Å². The van der Waals surface area contributed by atoms with E-state index in [1.165, 1.54) is 22.5 Å². The topological polar surface area (TPSA) is 32.8 Å². The second-order valence-electron chi connectivity index (χ2n) is 8.08. The van der Waals surface area contributed by atoms with Crippen molar-refractivity contribution in [3.63, 3.8) is 0 Å². The van der Waals surface area contributed by atoms with Crippen molar-refractivity contribution in [2.45, 2.75) is 27.0 Å². The Morgan fingerprint density at radius 1 is 1.03 bits per heavy atom. The molecule has 1 saturated heterocycles. The summed E-state index contributed by atoms with van der Waals surface area (Å²) in [6.45, 7) is 8.85. The fourth-order valence-corrected chi connectivity index (χ4v) is 5.15. The van der Waals surface area contributed by atoms with Crippen molar-refractivity contribution in [1.82, 2.24) is 9.80 Å². The number of halogens is 1. The molecule has 4 rings (SSSR count). The zero-order chi connectivity index (χ0) is 21.8. The molecule has 0 saturated carbocycles. The molecule has 6 heteroatoms. The molecule has 1 aliphatic rings. The maximum absolute atomic E-state index is 13.0. The minimum absolute atomic E-state index is 0.130. The molecule has 0 spiro atoms. The zero-order valence-electron chi connectivity index (χ0n) is 17.9. The number of ether oxygens (including phenoxy) is 1. The van der Waals surface area contributed by atoms with E-state index in [9.17, 15) is 4.79 Å². The molecule has 4 nitrogen and oxygen atoms in total. The molecule has 3 aromatic rings. The van der Waals surface area contributed by atoms with Crippen LogP contribution in [-0.4, -0.2) is 41.9 Å². The van der Waals surface area contributed by atoms with Gasteiger partial charge < -0.3 is 9.64 Å². The molecule has 1 fully saturated rings. The molecule has 2 aromatic carbocycles. The predicted molar refractivity (Wildman–Crippen MR) is 130 cm³/mol. The van der Waals surface area contributed by atoms with Gasteiger partial charge in [0.1, 0.15) is 12.4 Å². The lowest BCUT2D eigenvalue weighted by atomic mass is 10.1. The number of amides is 1. The summed E-state index contributed by atoms with van der Waals surface area (Å²) in [6, 6.07) is 16.6. The number of rotatable bonds is 6. The number of aryl methyl sites for hydroxylation is 2. The van der Waals surface area contributed by atoms with E-state index in [1.807, 2.05) is 28.5 Å². The summed E-state index contributed by atoms with van der Waals surface area (Å²) in [5.41, 5.74) is 4.69. The first-order valence-corrected chi connectivity index (χ1v) is 12.2. The minimum atomic E-state index is 0.130. The first-order chi connectivity index (χ1) is 15.0. The number of hydrogen-bond donors (Lipinski definition) is 0. The van der Waals surface area contributed by atoms with Gasteiger partial charge in [-0.2, -0.15) is 0 Å². The van der Waals surface area contributed by atoms with E-state index in [4.69, 9.17) is 4.74 Å². The molecular formula is C25H27BrN2O2S. The molecule has 0 N–H and O–H groups in total. The third-order valence-electron chi connectivity index (χ3n) is 5.54. The number of hydrogen-bond acceptors (Lipinski definition) is 4. The van der Waals surface area contributed by atoms with Crippen LogP contribution in [0.15, 0.2) is 58.4 Å². The lowest BCUT2D eigenvalue weighted by molar-refractivity contribution is 0.0633. The highest BCUT2D eigenvalue weighted by atomic mass is 79.9. The summed E-state index contributed by atoms with van der Waals surface area (Å²) in [4.78, 5) is 18.1. The van der Waals surface area contributed by atoms with Crippen LogP contribution >= 0.6 is 27.3 Å². The van der Waals surface area contributed by atoms with Crippen LogP contribution in [0.2, 0.25) is 0 Å². The van der Waals surface area contributed by atoms with Crippen LogP contribution in [0.1, 0.15) is 31.9 Å². The number of carbonyl (C=O) groups is 1. The van der Waals surface area contributed by atoms with E-state index in [2.05, 4.69) is 65.0 Å². The van der Waals surface area contributed by atoms with Gasteiger partial charge in [0.05, 0.1) is 4.88 Å². The number of piperazine rings is 1. The van der Waals surface area contributed by atoms with Crippen molar-refractivity contribution in [2.75, 3.05) is 26.2 Å². The Kier molecular flexibility index (Phi) is 7.10. The third kappa shape index (κ3) is 5.76.